The summed E-state index contributed by atoms with van der Waals surface area (Å²) in [6.07, 6.45) is 1.17. The zero-order valence-electron chi connectivity index (χ0n) is 14.1. The molecule has 5 heteroatoms. The Labute approximate surface area is 137 Å². The molecule has 0 saturated carbocycles. The molecular weight excluding hydrogens is 296 g/mol. The van der Waals surface area contributed by atoms with Crippen molar-refractivity contribution >= 4 is 23.2 Å². The Morgan fingerprint density at radius 3 is 2.32 bits per heavy atom. The van der Waals surface area contributed by atoms with Gasteiger partial charge in [-0.25, -0.2) is 0 Å². The maximum atomic E-state index is 12.3. The summed E-state index contributed by atoms with van der Waals surface area (Å²) in [5, 5.41) is 6.57. The van der Waals surface area contributed by atoms with Gasteiger partial charge in [-0.15, -0.1) is 0 Å². The molecule has 0 unspecified atom stereocenters. The Morgan fingerprint density at radius 1 is 1.18 bits per heavy atom. The van der Waals surface area contributed by atoms with Crippen LogP contribution in [0.25, 0.3) is 0 Å². The summed E-state index contributed by atoms with van der Waals surface area (Å²) in [6, 6.07) is 1.80. The van der Waals surface area contributed by atoms with Crippen molar-refractivity contribution in [3.63, 3.8) is 0 Å². The van der Waals surface area contributed by atoms with Crippen LogP contribution in [-0.4, -0.2) is 36.3 Å². The lowest BCUT2D eigenvalue weighted by Crippen LogP contribution is -2.37. The second kappa shape index (κ2) is 9.62. The second-order valence-electron chi connectivity index (χ2n) is 6.46. The van der Waals surface area contributed by atoms with Crippen LogP contribution in [0.5, 0.6) is 0 Å². The lowest BCUT2D eigenvalue weighted by atomic mass is 10.1. The Hall–Kier alpha value is -1.36. The van der Waals surface area contributed by atoms with Gasteiger partial charge >= 0.3 is 0 Å². The molecule has 0 aliphatic heterocycles. The van der Waals surface area contributed by atoms with Gasteiger partial charge in [0.15, 0.2) is 0 Å². The van der Waals surface area contributed by atoms with Gasteiger partial charge in [0.25, 0.3) is 5.91 Å². The van der Waals surface area contributed by atoms with Gasteiger partial charge in [-0.2, -0.15) is 11.3 Å². The minimum Gasteiger partial charge on any atom is -0.352 e. The highest BCUT2D eigenvalue weighted by Crippen LogP contribution is 2.08. The van der Waals surface area contributed by atoms with Crippen LogP contribution in [0, 0.1) is 11.8 Å². The largest absolute Gasteiger partial charge is 0.352 e. The van der Waals surface area contributed by atoms with E-state index in [1.165, 1.54) is 11.3 Å². The number of nitrogens with one attached hydrogen (secondary N) is 1. The summed E-state index contributed by atoms with van der Waals surface area (Å²) in [5.74, 6) is 1.07. The fraction of sp³-hybridized carbons (Fsp3) is 0.647. The van der Waals surface area contributed by atoms with Crippen LogP contribution in [0.4, 0.5) is 0 Å². The highest BCUT2D eigenvalue weighted by atomic mass is 32.1. The summed E-state index contributed by atoms with van der Waals surface area (Å²) in [7, 11) is 0. The molecule has 124 valence electrons. The van der Waals surface area contributed by atoms with Crippen molar-refractivity contribution in [2.45, 2.75) is 40.5 Å². The van der Waals surface area contributed by atoms with Crippen molar-refractivity contribution in [1.29, 1.82) is 0 Å². The molecule has 0 spiro atoms. The number of hydrogen-bond donors (Lipinski definition) is 1. The molecular formula is C17H28N2O2S. The highest BCUT2D eigenvalue weighted by Gasteiger charge is 2.16. The van der Waals surface area contributed by atoms with Crippen LogP contribution in [0.2, 0.25) is 0 Å². The zero-order chi connectivity index (χ0) is 16.5. The number of carbonyl (C=O) groups excluding carboxylic acids is 2. The number of rotatable bonds is 9. The first-order chi connectivity index (χ1) is 10.4. The Morgan fingerprint density at radius 2 is 1.82 bits per heavy atom. The van der Waals surface area contributed by atoms with Crippen LogP contribution < -0.4 is 5.32 Å². The molecule has 22 heavy (non-hydrogen) atoms. The molecule has 1 aromatic heterocycles. The highest BCUT2D eigenvalue weighted by molar-refractivity contribution is 7.08. The SMILES string of the molecule is CC(C)CN(CC(C)C)C(=O)CCCNC(=O)c1ccsc1. The first-order valence-corrected chi connectivity index (χ1v) is 8.92. The molecule has 0 aliphatic rings. The van der Waals surface area contributed by atoms with E-state index >= 15 is 0 Å². The molecule has 0 atom stereocenters. The summed E-state index contributed by atoms with van der Waals surface area (Å²) in [6.45, 7) is 10.7. The van der Waals surface area contributed by atoms with Gasteiger partial charge in [0.2, 0.25) is 5.91 Å². The summed E-state index contributed by atoms with van der Waals surface area (Å²) >= 11 is 1.51. The maximum absolute atomic E-state index is 12.3. The summed E-state index contributed by atoms with van der Waals surface area (Å²) in [5.41, 5.74) is 0.692. The van der Waals surface area contributed by atoms with Crippen LogP contribution in [-0.2, 0) is 4.79 Å². The van der Waals surface area contributed by atoms with Crippen molar-refractivity contribution in [3.8, 4) is 0 Å². The molecule has 1 rings (SSSR count). The van der Waals surface area contributed by atoms with E-state index in [0.717, 1.165) is 13.1 Å². The molecule has 0 aromatic carbocycles. The van der Waals surface area contributed by atoms with Gasteiger partial charge in [-0.05, 0) is 29.7 Å². The van der Waals surface area contributed by atoms with Crippen LogP contribution in [0.15, 0.2) is 16.8 Å². The van der Waals surface area contributed by atoms with E-state index in [2.05, 4.69) is 33.0 Å². The number of amides is 2. The first kappa shape index (κ1) is 18.7. The van der Waals surface area contributed by atoms with Crippen molar-refractivity contribution in [2.75, 3.05) is 19.6 Å². The van der Waals surface area contributed by atoms with E-state index in [1.807, 2.05) is 15.7 Å². The maximum Gasteiger partial charge on any atom is 0.252 e. The lowest BCUT2D eigenvalue weighted by Gasteiger charge is -2.26. The Bertz CT molecular complexity index is 445. The van der Waals surface area contributed by atoms with Gasteiger partial charge in [0.1, 0.15) is 0 Å². The fourth-order valence-electron chi connectivity index (χ4n) is 2.26. The van der Waals surface area contributed by atoms with E-state index in [9.17, 15) is 9.59 Å². The second-order valence-corrected chi connectivity index (χ2v) is 7.24. The van der Waals surface area contributed by atoms with E-state index in [1.54, 1.807) is 6.07 Å². The molecule has 4 nitrogen and oxygen atoms in total. The number of nitrogens with zero attached hydrogens (tertiary/aromatic N) is 1. The third kappa shape index (κ3) is 7.07. The van der Waals surface area contributed by atoms with Gasteiger partial charge < -0.3 is 10.2 Å². The first-order valence-electron chi connectivity index (χ1n) is 7.98. The van der Waals surface area contributed by atoms with E-state index in [0.29, 0.717) is 36.8 Å². The average molecular weight is 324 g/mol. The average Bonchev–Trinajstić information content (AvgIpc) is 2.95. The lowest BCUT2D eigenvalue weighted by molar-refractivity contribution is -0.132. The molecule has 0 radical (unpaired) electrons. The topological polar surface area (TPSA) is 49.4 Å². The minimum absolute atomic E-state index is 0.0603. The van der Waals surface area contributed by atoms with Crippen molar-refractivity contribution in [1.82, 2.24) is 10.2 Å². The normalized spacial score (nSPS) is 11.0. The number of thiophene rings is 1. The van der Waals surface area contributed by atoms with E-state index in [-0.39, 0.29) is 11.8 Å². The van der Waals surface area contributed by atoms with E-state index < -0.39 is 0 Å². The van der Waals surface area contributed by atoms with Crippen LogP contribution >= 0.6 is 11.3 Å². The number of carbonyl (C=O) groups is 2. The summed E-state index contributed by atoms with van der Waals surface area (Å²) in [4.78, 5) is 26.0. The third-order valence-electron chi connectivity index (χ3n) is 3.16. The fourth-order valence-corrected chi connectivity index (χ4v) is 2.89. The standard InChI is InChI=1S/C17H28N2O2S/c1-13(2)10-19(11-14(3)4)16(20)6-5-8-18-17(21)15-7-9-22-12-15/h7,9,12-14H,5-6,8,10-11H2,1-4H3,(H,18,21). The zero-order valence-corrected chi connectivity index (χ0v) is 14.9. The predicted octanol–water partition coefficient (Wildman–Crippen LogP) is 3.40. The number of hydrogen-bond acceptors (Lipinski definition) is 3. The monoisotopic (exact) mass is 324 g/mol. The van der Waals surface area contributed by atoms with Crippen LogP contribution in [0.3, 0.4) is 0 Å². The van der Waals surface area contributed by atoms with Gasteiger partial charge in [0, 0.05) is 37.0 Å². The van der Waals surface area contributed by atoms with Crippen molar-refractivity contribution < 1.29 is 9.59 Å². The molecule has 1 N–H and O–H groups in total. The van der Waals surface area contributed by atoms with Crippen LogP contribution in [0.1, 0.15) is 50.9 Å². The molecule has 0 bridgehead atoms. The molecule has 2 amide bonds. The Balaban J connectivity index is 2.31. The molecule has 0 aliphatic carbocycles. The summed E-state index contributed by atoms with van der Waals surface area (Å²) < 4.78 is 0. The van der Waals surface area contributed by atoms with Gasteiger partial charge in [0.05, 0.1) is 0 Å². The predicted molar refractivity (Wildman–Crippen MR) is 92.1 cm³/mol. The van der Waals surface area contributed by atoms with E-state index in [4.69, 9.17) is 0 Å². The molecule has 1 heterocycles. The van der Waals surface area contributed by atoms with Crippen molar-refractivity contribution in [3.05, 3.63) is 22.4 Å². The van der Waals surface area contributed by atoms with Gasteiger partial charge in [-0.3, -0.25) is 9.59 Å². The minimum atomic E-state index is -0.0603. The molecule has 1 aromatic rings. The Kier molecular flexibility index (Phi) is 8.17. The quantitative estimate of drug-likeness (QED) is 0.708. The smallest absolute Gasteiger partial charge is 0.252 e. The third-order valence-corrected chi connectivity index (χ3v) is 3.84. The molecule has 0 fully saturated rings. The van der Waals surface area contributed by atoms with Crippen molar-refractivity contribution in [2.24, 2.45) is 11.8 Å². The molecule has 0 saturated heterocycles. The van der Waals surface area contributed by atoms with Gasteiger partial charge in [-0.1, -0.05) is 27.7 Å².